The first-order valence-corrected chi connectivity index (χ1v) is 2.71. The van der Waals surface area contributed by atoms with Gasteiger partial charge in [0.1, 0.15) is 0 Å². The minimum absolute atomic E-state index is 0. The summed E-state index contributed by atoms with van der Waals surface area (Å²) < 4.78 is 0. The summed E-state index contributed by atoms with van der Waals surface area (Å²) in [6.07, 6.45) is 0. The first kappa shape index (κ1) is 12.9. The molecular formula is C5H11N2W2-. The molecule has 2 nitrogen and oxygen atoms in total. The number of likely N-dealkylation sites (N-methyl/N-ethyl adjacent to an activating group) is 1. The van der Waals surface area contributed by atoms with Crippen LogP contribution in [0.2, 0.25) is 0 Å². The Morgan fingerprint density at radius 2 is 1.56 bits per heavy atom. The van der Waals surface area contributed by atoms with Crippen molar-refractivity contribution in [1.29, 1.82) is 0 Å². The molecular weight excluding hydrogens is 456 g/mol. The number of nitrogens with zero attached hydrogens (tertiary/aromatic N) is 2. The molecule has 0 unspecified atom stereocenters. The third kappa shape index (κ3) is 5.73. The molecule has 1 fully saturated rings. The second-order valence-electron chi connectivity index (χ2n) is 1.97. The van der Waals surface area contributed by atoms with Gasteiger partial charge >= 0.3 is 0 Å². The molecule has 0 bridgehead atoms. The van der Waals surface area contributed by atoms with E-state index in [2.05, 4.69) is 17.3 Å². The Bertz CT molecular complexity index is 54.9. The predicted octanol–water partition coefficient (Wildman–Crippen LogP) is 0.300. The number of piperazine rings is 1. The Morgan fingerprint density at radius 1 is 1.11 bits per heavy atom. The minimum atomic E-state index is 0. The van der Waals surface area contributed by atoms with Crippen molar-refractivity contribution in [2.45, 2.75) is 0 Å². The molecule has 1 heterocycles. The summed E-state index contributed by atoms with van der Waals surface area (Å²) >= 11 is 0. The zero-order chi connectivity index (χ0) is 5.11. The molecule has 4 heteroatoms. The van der Waals surface area contributed by atoms with Crippen LogP contribution in [0.4, 0.5) is 0 Å². The second-order valence-corrected chi connectivity index (χ2v) is 1.97. The van der Waals surface area contributed by atoms with Crippen molar-refractivity contribution in [1.82, 2.24) is 4.90 Å². The molecule has 0 aromatic carbocycles. The summed E-state index contributed by atoms with van der Waals surface area (Å²) in [5, 5.41) is 4.19. The molecule has 1 aliphatic heterocycles. The van der Waals surface area contributed by atoms with Gasteiger partial charge in [-0.2, -0.15) is 0 Å². The van der Waals surface area contributed by atoms with Crippen LogP contribution in [-0.2, 0) is 42.1 Å². The van der Waals surface area contributed by atoms with Crippen LogP contribution in [0, 0.1) is 0 Å². The summed E-state index contributed by atoms with van der Waals surface area (Å²) in [6.45, 7) is 4.38. The largest absolute Gasteiger partial charge is 0.660 e. The van der Waals surface area contributed by atoms with Gasteiger partial charge in [0.2, 0.25) is 0 Å². The second kappa shape index (κ2) is 7.40. The van der Waals surface area contributed by atoms with Gasteiger partial charge in [-0.3, -0.25) is 0 Å². The van der Waals surface area contributed by atoms with Crippen LogP contribution in [0.15, 0.2) is 0 Å². The van der Waals surface area contributed by atoms with Crippen LogP contribution < -0.4 is 0 Å². The van der Waals surface area contributed by atoms with Crippen molar-refractivity contribution in [2.24, 2.45) is 0 Å². The van der Waals surface area contributed by atoms with Gasteiger partial charge in [0, 0.05) is 42.1 Å². The van der Waals surface area contributed by atoms with E-state index in [-0.39, 0.29) is 42.1 Å². The number of rotatable bonds is 0. The van der Waals surface area contributed by atoms with Gasteiger partial charge in [0.25, 0.3) is 0 Å². The Kier molecular flexibility index (Phi) is 10.6. The molecule has 1 rings (SSSR count). The summed E-state index contributed by atoms with van der Waals surface area (Å²) in [4.78, 5) is 2.30. The van der Waals surface area contributed by atoms with Crippen LogP contribution in [0.5, 0.6) is 0 Å². The van der Waals surface area contributed by atoms with Gasteiger partial charge in [0.15, 0.2) is 0 Å². The quantitative estimate of drug-likeness (QED) is 0.502. The minimum Gasteiger partial charge on any atom is -0.660 e. The number of hydrogen-bond acceptors (Lipinski definition) is 1. The van der Waals surface area contributed by atoms with Gasteiger partial charge in [0.05, 0.1) is 0 Å². The SMILES string of the molecule is CN1CC[N-]CC1.[W].[W]. The molecule has 54 valence electrons. The molecule has 0 saturated carbocycles. The Balaban J connectivity index is 0. The van der Waals surface area contributed by atoms with E-state index in [1.807, 2.05) is 0 Å². The summed E-state index contributed by atoms with van der Waals surface area (Å²) in [7, 11) is 2.13. The summed E-state index contributed by atoms with van der Waals surface area (Å²) in [5.41, 5.74) is 0. The van der Waals surface area contributed by atoms with Crippen molar-refractivity contribution in [2.75, 3.05) is 33.2 Å². The zero-order valence-electron chi connectivity index (χ0n) is 5.54. The molecule has 0 radical (unpaired) electrons. The van der Waals surface area contributed by atoms with Gasteiger partial charge in [-0.05, 0) is 20.1 Å². The van der Waals surface area contributed by atoms with E-state index in [4.69, 9.17) is 0 Å². The van der Waals surface area contributed by atoms with Gasteiger partial charge in [-0.25, -0.2) is 0 Å². The van der Waals surface area contributed by atoms with E-state index in [9.17, 15) is 0 Å². The average molecular weight is 467 g/mol. The first-order valence-electron chi connectivity index (χ1n) is 2.71. The van der Waals surface area contributed by atoms with Crippen molar-refractivity contribution in [3.63, 3.8) is 0 Å². The van der Waals surface area contributed by atoms with E-state index in [0.717, 1.165) is 26.2 Å². The maximum absolute atomic E-state index is 4.19. The topological polar surface area (TPSA) is 17.3 Å². The van der Waals surface area contributed by atoms with E-state index >= 15 is 0 Å². The number of hydrogen-bond donors (Lipinski definition) is 0. The van der Waals surface area contributed by atoms with Crippen molar-refractivity contribution in [3.05, 3.63) is 5.32 Å². The molecule has 0 aromatic heterocycles. The van der Waals surface area contributed by atoms with Crippen LogP contribution >= 0.6 is 0 Å². The molecule has 1 saturated heterocycles. The average Bonchev–Trinajstić information content (AvgIpc) is 1.69. The maximum atomic E-state index is 4.19. The Hall–Kier alpha value is 1.30. The van der Waals surface area contributed by atoms with Gasteiger partial charge in [-0.15, -0.1) is 13.1 Å². The fraction of sp³-hybridized carbons (Fsp3) is 1.00. The normalized spacial score (nSPS) is 19.7. The van der Waals surface area contributed by atoms with E-state index in [0.29, 0.717) is 0 Å². The zero-order valence-corrected chi connectivity index (χ0v) is 11.4. The fourth-order valence-corrected chi connectivity index (χ4v) is 0.706. The van der Waals surface area contributed by atoms with Crippen LogP contribution in [0.25, 0.3) is 5.32 Å². The van der Waals surface area contributed by atoms with Crippen molar-refractivity contribution in [3.8, 4) is 0 Å². The summed E-state index contributed by atoms with van der Waals surface area (Å²) in [5.74, 6) is 0. The smallest absolute Gasteiger partial charge is 0 e. The molecule has 0 amide bonds. The Labute approximate surface area is 85.3 Å². The summed E-state index contributed by atoms with van der Waals surface area (Å²) in [6, 6.07) is 0. The Morgan fingerprint density at radius 3 is 1.78 bits per heavy atom. The molecule has 0 spiro atoms. The predicted molar refractivity (Wildman–Crippen MR) is 30.6 cm³/mol. The van der Waals surface area contributed by atoms with Crippen LogP contribution in [-0.4, -0.2) is 38.1 Å². The maximum Gasteiger partial charge on any atom is 0 e. The van der Waals surface area contributed by atoms with E-state index < -0.39 is 0 Å². The fourth-order valence-electron chi connectivity index (χ4n) is 0.706. The van der Waals surface area contributed by atoms with E-state index in [1.54, 1.807) is 0 Å². The monoisotopic (exact) mass is 467 g/mol. The van der Waals surface area contributed by atoms with Crippen molar-refractivity contribution >= 4 is 0 Å². The molecule has 0 atom stereocenters. The first-order chi connectivity index (χ1) is 3.39. The standard InChI is InChI=1S/C5H11N2.2W/c1-7-4-2-6-3-5-7;;/h2-5H2,1H3;;/q-1;;. The van der Waals surface area contributed by atoms with E-state index in [1.165, 1.54) is 0 Å². The van der Waals surface area contributed by atoms with Gasteiger partial charge < -0.3 is 10.2 Å². The third-order valence-electron chi connectivity index (χ3n) is 1.28. The molecule has 0 aliphatic carbocycles. The molecule has 0 N–H and O–H groups in total. The van der Waals surface area contributed by atoms with Gasteiger partial charge in [-0.1, -0.05) is 0 Å². The van der Waals surface area contributed by atoms with Crippen LogP contribution in [0.3, 0.4) is 0 Å². The van der Waals surface area contributed by atoms with Crippen LogP contribution in [0.1, 0.15) is 0 Å². The third-order valence-corrected chi connectivity index (χ3v) is 1.28. The molecule has 0 aromatic rings. The molecule has 1 aliphatic rings. The van der Waals surface area contributed by atoms with Crippen molar-refractivity contribution < 1.29 is 42.1 Å². The molecule has 9 heavy (non-hydrogen) atoms.